The number of aromatic nitrogens is 1. The highest BCUT2D eigenvalue weighted by Gasteiger charge is 2.29. The molecule has 1 N–H and O–H groups in total. The van der Waals surface area contributed by atoms with Crippen LogP contribution in [-0.2, 0) is 0 Å². The van der Waals surface area contributed by atoms with E-state index in [1.54, 1.807) is 17.0 Å². The van der Waals surface area contributed by atoms with Crippen molar-refractivity contribution < 1.29 is 18.7 Å². The Bertz CT molecular complexity index is 657. The van der Waals surface area contributed by atoms with Gasteiger partial charge < -0.3 is 14.4 Å². The van der Waals surface area contributed by atoms with E-state index in [1.165, 1.54) is 18.4 Å². The number of amides is 1. The minimum atomic E-state index is -0.750. The van der Waals surface area contributed by atoms with Gasteiger partial charge in [-0.1, -0.05) is 12.8 Å². The fraction of sp³-hybridized carbons (Fsp3) is 0.444. The molecular formula is C18H21FN2O3. The monoisotopic (exact) mass is 332 g/mol. The third kappa shape index (κ3) is 3.82. The summed E-state index contributed by atoms with van der Waals surface area (Å²) in [7, 11) is 0. The van der Waals surface area contributed by atoms with Crippen LogP contribution in [0.15, 0.2) is 41.1 Å². The molecule has 6 heteroatoms. The van der Waals surface area contributed by atoms with E-state index in [1.807, 2.05) is 0 Å². The predicted octanol–water partition coefficient (Wildman–Crippen LogP) is 3.32. The van der Waals surface area contributed by atoms with Crippen molar-refractivity contribution in [2.24, 2.45) is 0 Å². The first-order valence-corrected chi connectivity index (χ1v) is 8.29. The zero-order valence-corrected chi connectivity index (χ0v) is 13.4. The highest BCUT2D eigenvalue weighted by atomic mass is 19.1. The molecule has 1 fully saturated rings. The topological polar surface area (TPSA) is 66.6 Å². The maximum Gasteiger partial charge on any atom is 0.272 e. The summed E-state index contributed by atoms with van der Waals surface area (Å²) >= 11 is 0. The number of carbonyl (C=O) groups is 1. The number of aliphatic hydroxyl groups excluding tert-OH is 1. The van der Waals surface area contributed by atoms with Crippen LogP contribution in [0.2, 0.25) is 0 Å². The Balaban J connectivity index is 1.76. The Morgan fingerprint density at radius 1 is 1.38 bits per heavy atom. The molecule has 0 radical (unpaired) electrons. The van der Waals surface area contributed by atoms with Crippen LogP contribution in [0.3, 0.4) is 0 Å². The number of rotatable bonds is 4. The average Bonchev–Trinajstić information content (AvgIpc) is 3.03. The van der Waals surface area contributed by atoms with Gasteiger partial charge in [-0.2, -0.15) is 0 Å². The summed E-state index contributed by atoms with van der Waals surface area (Å²) in [5.41, 5.74) is 0.232. The summed E-state index contributed by atoms with van der Waals surface area (Å²) in [4.78, 5) is 18.4. The summed E-state index contributed by atoms with van der Waals surface area (Å²) in [5, 5.41) is 10.4. The molecule has 1 aliphatic heterocycles. The van der Waals surface area contributed by atoms with Gasteiger partial charge in [-0.25, -0.2) is 9.37 Å². The molecule has 128 valence electrons. The van der Waals surface area contributed by atoms with E-state index in [4.69, 9.17) is 4.42 Å². The standard InChI is InChI=1S/C18H21FN2O3/c19-13-7-8-15(20-12-13)18(23)21-9-3-1-2-5-14(21)11-16(22)17-6-4-10-24-17/h4,6-8,10,12,14,16,22H,1-3,5,9,11H2. The third-order valence-electron chi connectivity index (χ3n) is 4.45. The SMILES string of the molecule is O=C(c1ccc(F)cn1)N1CCCCCC1CC(O)c1ccco1. The van der Waals surface area contributed by atoms with Crippen molar-refractivity contribution in [2.75, 3.05) is 6.54 Å². The molecular weight excluding hydrogens is 311 g/mol. The van der Waals surface area contributed by atoms with Crippen LogP contribution < -0.4 is 0 Å². The number of hydrogen-bond acceptors (Lipinski definition) is 4. The summed E-state index contributed by atoms with van der Waals surface area (Å²) in [6.07, 6.45) is 6.05. The van der Waals surface area contributed by atoms with E-state index in [9.17, 15) is 14.3 Å². The molecule has 1 amide bonds. The van der Waals surface area contributed by atoms with Gasteiger partial charge >= 0.3 is 0 Å². The van der Waals surface area contributed by atoms with Crippen molar-refractivity contribution in [1.29, 1.82) is 0 Å². The highest BCUT2D eigenvalue weighted by molar-refractivity contribution is 5.92. The Morgan fingerprint density at radius 2 is 2.25 bits per heavy atom. The molecule has 0 bridgehead atoms. The molecule has 0 aromatic carbocycles. The molecule has 0 saturated carbocycles. The molecule has 0 spiro atoms. The third-order valence-corrected chi connectivity index (χ3v) is 4.45. The van der Waals surface area contributed by atoms with Crippen molar-refractivity contribution in [3.8, 4) is 0 Å². The minimum absolute atomic E-state index is 0.0908. The lowest BCUT2D eigenvalue weighted by atomic mass is 10.0. The molecule has 2 unspecified atom stereocenters. The van der Waals surface area contributed by atoms with Crippen molar-refractivity contribution in [1.82, 2.24) is 9.88 Å². The van der Waals surface area contributed by atoms with Crippen LogP contribution in [0, 0.1) is 5.82 Å². The molecule has 2 atom stereocenters. The molecule has 3 rings (SSSR count). The van der Waals surface area contributed by atoms with E-state index in [0.29, 0.717) is 18.7 Å². The van der Waals surface area contributed by atoms with Gasteiger partial charge in [0.15, 0.2) is 0 Å². The van der Waals surface area contributed by atoms with Crippen LogP contribution >= 0.6 is 0 Å². The average molecular weight is 332 g/mol. The van der Waals surface area contributed by atoms with Gasteiger partial charge in [0.05, 0.1) is 12.5 Å². The van der Waals surface area contributed by atoms with E-state index in [2.05, 4.69) is 4.98 Å². The van der Waals surface area contributed by atoms with Gasteiger partial charge in [0.1, 0.15) is 23.4 Å². The highest BCUT2D eigenvalue weighted by Crippen LogP contribution is 2.27. The number of furan rings is 1. The predicted molar refractivity (Wildman–Crippen MR) is 85.8 cm³/mol. The molecule has 2 aromatic heterocycles. The lowest BCUT2D eigenvalue weighted by Gasteiger charge is -2.31. The van der Waals surface area contributed by atoms with Gasteiger partial charge in [-0.15, -0.1) is 0 Å². The van der Waals surface area contributed by atoms with Crippen LogP contribution in [0.5, 0.6) is 0 Å². The summed E-state index contributed by atoms with van der Waals surface area (Å²) < 4.78 is 18.3. The van der Waals surface area contributed by atoms with Crippen molar-refractivity contribution in [2.45, 2.75) is 44.2 Å². The Morgan fingerprint density at radius 3 is 2.96 bits per heavy atom. The number of nitrogens with zero attached hydrogens (tertiary/aromatic N) is 2. The Labute approximate surface area is 140 Å². The van der Waals surface area contributed by atoms with Gasteiger partial charge in [-0.3, -0.25) is 4.79 Å². The second kappa shape index (κ2) is 7.57. The number of halogens is 1. The minimum Gasteiger partial charge on any atom is -0.467 e. The first-order chi connectivity index (χ1) is 11.6. The maximum absolute atomic E-state index is 13.0. The maximum atomic E-state index is 13.0. The number of hydrogen-bond donors (Lipinski definition) is 1. The zero-order chi connectivity index (χ0) is 16.9. The second-order valence-corrected chi connectivity index (χ2v) is 6.13. The molecule has 1 aliphatic rings. The summed E-state index contributed by atoms with van der Waals surface area (Å²) in [6, 6.07) is 6.02. The second-order valence-electron chi connectivity index (χ2n) is 6.13. The lowest BCUT2D eigenvalue weighted by molar-refractivity contribution is 0.0552. The Hall–Kier alpha value is -2.21. The van der Waals surface area contributed by atoms with Crippen molar-refractivity contribution in [3.05, 3.63) is 54.0 Å². The molecule has 3 heterocycles. The van der Waals surface area contributed by atoms with Crippen molar-refractivity contribution in [3.63, 3.8) is 0 Å². The molecule has 1 saturated heterocycles. The van der Waals surface area contributed by atoms with Gasteiger partial charge in [0, 0.05) is 19.0 Å². The molecule has 0 aliphatic carbocycles. The fourth-order valence-electron chi connectivity index (χ4n) is 3.19. The first-order valence-electron chi connectivity index (χ1n) is 8.29. The lowest BCUT2D eigenvalue weighted by Crippen LogP contribution is -2.41. The van der Waals surface area contributed by atoms with Crippen LogP contribution in [0.25, 0.3) is 0 Å². The molecule has 5 nitrogen and oxygen atoms in total. The summed E-state index contributed by atoms with van der Waals surface area (Å²) in [6.45, 7) is 0.618. The number of pyridine rings is 1. The normalized spacial score (nSPS) is 19.8. The van der Waals surface area contributed by atoms with Gasteiger partial charge in [0.2, 0.25) is 0 Å². The van der Waals surface area contributed by atoms with Crippen LogP contribution in [0.1, 0.15) is 54.5 Å². The number of aliphatic hydroxyl groups is 1. The molecule has 2 aromatic rings. The zero-order valence-electron chi connectivity index (χ0n) is 13.4. The van der Waals surface area contributed by atoms with Crippen LogP contribution in [-0.4, -0.2) is 33.5 Å². The van der Waals surface area contributed by atoms with Gasteiger partial charge in [0.25, 0.3) is 5.91 Å². The molecule has 24 heavy (non-hydrogen) atoms. The Kier molecular flexibility index (Phi) is 5.25. The first kappa shape index (κ1) is 16.6. The van der Waals surface area contributed by atoms with Crippen molar-refractivity contribution >= 4 is 5.91 Å². The van der Waals surface area contributed by atoms with E-state index in [0.717, 1.165) is 31.9 Å². The largest absolute Gasteiger partial charge is 0.467 e. The van der Waals surface area contributed by atoms with E-state index >= 15 is 0 Å². The van der Waals surface area contributed by atoms with E-state index < -0.39 is 11.9 Å². The van der Waals surface area contributed by atoms with E-state index in [-0.39, 0.29) is 17.6 Å². The number of carbonyl (C=O) groups excluding carboxylic acids is 1. The number of likely N-dealkylation sites (tertiary alicyclic amines) is 1. The smallest absolute Gasteiger partial charge is 0.272 e. The van der Waals surface area contributed by atoms with Crippen LogP contribution in [0.4, 0.5) is 4.39 Å². The fourth-order valence-corrected chi connectivity index (χ4v) is 3.19. The van der Waals surface area contributed by atoms with Gasteiger partial charge in [-0.05, 0) is 37.1 Å². The summed E-state index contributed by atoms with van der Waals surface area (Å²) in [5.74, 6) is -0.174. The quantitative estimate of drug-likeness (QED) is 0.933.